The van der Waals surface area contributed by atoms with Crippen LogP contribution in [-0.2, 0) is 0 Å². The molecule has 2 unspecified atom stereocenters. The van der Waals surface area contributed by atoms with Crippen LogP contribution in [0.2, 0.25) is 5.02 Å². The molecule has 2 N–H and O–H groups in total. The van der Waals surface area contributed by atoms with Gasteiger partial charge in [0.2, 0.25) is 0 Å². The minimum absolute atomic E-state index is 0.0905. The number of aryl methyl sites for hydroxylation is 1. The van der Waals surface area contributed by atoms with E-state index in [1.165, 1.54) is 16.7 Å². The van der Waals surface area contributed by atoms with Crippen LogP contribution in [0.25, 0.3) is 0 Å². The molecule has 1 aliphatic rings. The van der Waals surface area contributed by atoms with Crippen LogP contribution in [-0.4, -0.2) is 13.0 Å². The first-order valence-corrected chi connectivity index (χ1v) is 10.4. The molecular formula is C25H25ClN2O. The van der Waals surface area contributed by atoms with Crippen molar-refractivity contribution in [1.82, 2.24) is 5.32 Å². The van der Waals surface area contributed by atoms with Crippen LogP contribution in [0, 0.1) is 6.92 Å². The molecule has 0 heterocycles. The van der Waals surface area contributed by atoms with E-state index >= 15 is 0 Å². The Balaban J connectivity index is 1.66. The van der Waals surface area contributed by atoms with Crippen molar-refractivity contribution >= 4 is 23.2 Å². The summed E-state index contributed by atoms with van der Waals surface area (Å²) in [6, 6.07) is 22.2. The highest BCUT2D eigenvalue weighted by molar-refractivity contribution is 6.31. The van der Waals surface area contributed by atoms with Gasteiger partial charge < -0.3 is 10.6 Å². The molecule has 4 rings (SSSR count). The van der Waals surface area contributed by atoms with E-state index in [9.17, 15) is 4.79 Å². The lowest BCUT2D eigenvalue weighted by Gasteiger charge is -2.32. The Labute approximate surface area is 177 Å². The van der Waals surface area contributed by atoms with Crippen molar-refractivity contribution < 1.29 is 4.79 Å². The van der Waals surface area contributed by atoms with Gasteiger partial charge in [0.15, 0.2) is 0 Å². The van der Waals surface area contributed by atoms with Crippen LogP contribution in [0.15, 0.2) is 66.7 Å². The number of benzene rings is 3. The summed E-state index contributed by atoms with van der Waals surface area (Å²) in [6.45, 7) is 2.05. The third-order valence-electron chi connectivity index (χ3n) is 5.81. The van der Waals surface area contributed by atoms with Crippen molar-refractivity contribution in [2.45, 2.75) is 31.7 Å². The molecule has 0 saturated heterocycles. The summed E-state index contributed by atoms with van der Waals surface area (Å²) in [5, 5.41) is 7.27. The van der Waals surface area contributed by atoms with Gasteiger partial charge in [-0.2, -0.15) is 0 Å². The number of anilines is 1. The maximum atomic E-state index is 12.5. The maximum Gasteiger partial charge on any atom is 0.255 e. The SMILES string of the molecule is CNC1CCC(c2ccc(Cl)c(C)c2)c2ccc(NC(=O)c3ccccc3)cc21. The molecule has 2 atom stereocenters. The third kappa shape index (κ3) is 4.07. The number of hydrogen-bond donors (Lipinski definition) is 2. The minimum Gasteiger partial charge on any atom is -0.322 e. The van der Waals surface area contributed by atoms with Crippen LogP contribution < -0.4 is 10.6 Å². The zero-order chi connectivity index (χ0) is 20.4. The highest BCUT2D eigenvalue weighted by atomic mass is 35.5. The van der Waals surface area contributed by atoms with Gasteiger partial charge >= 0.3 is 0 Å². The standard InChI is InChI=1S/C25H25ClN2O/c1-16-14-18(8-12-23(16)26)20-11-13-24(27-2)22-15-19(9-10-21(20)22)28-25(29)17-6-4-3-5-7-17/h3-10,12,14-15,20,24,27H,11,13H2,1-2H3,(H,28,29). The first kappa shape index (κ1) is 19.7. The third-order valence-corrected chi connectivity index (χ3v) is 6.23. The Morgan fingerprint density at radius 1 is 0.966 bits per heavy atom. The number of carbonyl (C=O) groups excluding carboxylic acids is 1. The van der Waals surface area contributed by atoms with E-state index < -0.39 is 0 Å². The average molecular weight is 405 g/mol. The zero-order valence-electron chi connectivity index (χ0n) is 16.7. The molecule has 0 saturated carbocycles. The van der Waals surface area contributed by atoms with Gasteiger partial charge in [-0.1, -0.05) is 48.0 Å². The van der Waals surface area contributed by atoms with Crippen LogP contribution in [0.5, 0.6) is 0 Å². The molecule has 1 amide bonds. The summed E-state index contributed by atoms with van der Waals surface area (Å²) >= 11 is 6.23. The number of carbonyl (C=O) groups is 1. The predicted molar refractivity (Wildman–Crippen MR) is 120 cm³/mol. The second kappa shape index (κ2) is 8.40. The zero-order valence-corrected chi connectivity index (χ0v) is 17.5. The number of halogens is 1. The smallest absolute Gasteiger partial charge is 0.255 e. The molecule has 1 aliphatic carbocycles. The highest BCUT2D eigenvalue weighted by Crippen LogP contribution is 2.42. The van der Waals surface area contributed by atoms with E-state index in [0.29, 0.717) is 11.5 Å². The van der Waals surface area contributed by atoms with Gasteiger partial charge in [-0.3, -0.25) is 4.79 Å². The normalized spacial score (nSPS) is 18.2. The van der Waals surface area contributed by atoms with Crippen molar-refractivity contribution in [2.24, 2.45) is 0 Å². The number of hydrogen-bond acceptors (Lipinski definition) is 2. The largest absolute Gasteiger partial charge is 0.322 e. The molecule has 3 aromatic carbocycles. The second-order valence-corrected chi connectivity index (χ2v) is 8.05. The molecule has 29 heavy (non-hydrogen) atoms. The lowest BCUT2D eigenvalue weighted by Crippen LogP contribution is -2.24. The number of amides is 1. The Hall–Kier alpha value is -2.62. The molecule has 3 aromatic rings. The van der Waals surface area contributed by atoms with Gasteiger partial charge in [-0.15, -0.1) is 0 Å². The van der Waals surface area contributed by atoms with Crippen molar-refractivity contribution in [3.63, 3.8) is 0 Å². The van der Waals surface area contributed by atoms with Gasteiger partial charge in [0.25, 0.3) is 5.91 Å². The molecule has 0 spiro atoms. The van der Waals surface area contributed by atoms with E-state index in [2.05, 4.69) is 34.9 Å². The lowest BCUT2D eigenvalue weighted by atomic mass is 9.76. The van der Waals surface area contributed by atoms with Crippen LogP contribution >= 0.6 is 11.6 Å². The van der Waals surface area contributed by atoms with Crippen molar-refractivity contribution in [1.29, 1.82) is 0 Å². The quantitative estimate of drug-likeness (QED) is 0.552. The Bertz CT molecular complexity index is 1030. The summed E-state index contributed by atoms with van der Waals surface area (Å²) < 4.78 is 0. The number of nitrogens with one attached hydrogen (secondary N) is 2. The number of rotatable bonds is 4. The fourth-order valence-electron chi connectivity index (χ4n) is 4.24. The molecule has 0 fully saturated rings. The maximum absolute atomic E-state index is 12.5. The van der Waals surface area contributed by atoms with Gasteiger partial charge in [0, 0.05) is 28.2 Å². The summed E-state index contributed by atoms with van der Waals surface area (Å²) in [5.41, 5.74) is 6.45. The van der Waals surface area contributed by atoms with E-state index in [1.54, 1.807) is 0 Å². The van der Waals surface area contributed by atoms with Crippen LogP contribution in [0.4, 0.5) is 5.69 Å². The predicted octanol–water partition coefficient (Wildman–Crippen LogP) is 6.09. The van der Waals surface area contributed by atoms with Gasteiger partial charge in [0.1, 0.15) is 0 Å². The molecule has 148 valence electrons. The Morgan fingerprint density at radius 2 is 1.76 bits per heavy atom. The molecule has 0 radical (unpaired) electrons. The first-order chi connectivity index (χ1) is 14.1. The van der Waals surface area contributed by atoms with Gasteiger partial charge in [-0.05, 0) is 79.4 Å². The molecule has 0 bridgehead atoms. The van der Waals surface area contributed by atoms with Gasteiger partial charge in [-0.25, -0.2) is 0 Å². The van der Waals surface area contributed by atoms with Crippen molar-refractivity contribution in [3.8, 4) is 0 Å². The Kier molecular flexibility index (Phi) is 5.70. The summed E-state index contributed by atoms with van der Waals surface area (Å²) in [6.07, 6.45) is 2.13. The van der Waals surface area contributed by atoms with E-state index in [-0.39, 0.29) is 11.9 Å². The summed E-state index contributed by atoms with van der Waals surface area (Å²) in [4.78, 5) is 12.5. The summed E-state index contributed by atoms with van der Waals surface area (Å²) in [7, 11) is 2.00. The summed E-state index contributed by atoms with van der Waals surface area (Å²) in [5.74, 6) is 0.247. The van der Waals surface area contributed by atoms with Crippen molar-refractivity contribution in [2.75, 3.05) is 12.4 Å². The lowest BCUT2D eigenvalue weighted by molar-refractivity contribution is 0.102. The van der Waals surface area contributed by atoms with E-state index in [0.717, 1.165) is 29.1 Å². The Morgan fingerprint density at radius 3 is 2.48 bits per heavy atom. The second-order valence-electron chi connectivity index (χ2n) is 7.64. The van der Waals surface area contributed by atoms with Crippen LogP contribution in [0.1, 0.15) is 57.4 Å². The topological polar surface area (TPSA) is 41.1 Å². The fourth-order valence-corrected chi connectivity index (χ4v) is 4.36. The molecule has 0 aliphatic heterocycles. The first-order valence-electron chi connectivity index (χ1n) is 10.0. The van der Waals surface area contributed by atoms with E-state index in [1.807, 2.05) is 56.4 Å². The van der Waals surface area contributed by atoms with Crippen LogP contribution in [0.3, 0.4) is 0 Å². The van der Waals surface area contributed by atoms with Crippen molar-refractivity contribution in [3.05, 3.63) is 99.6 Å². The molecular weight excluding hydrogens is 380 g/mol. The highest BCUT2D eigenvalue weighted by Gasteiger charge is 2.28. The monoisotopic (exact) mass is 404 g/mol. The molecule has 3 nitrogen and oxygen atoms in total. The molecule has 0 aromatic heterocycles. The van der Waals surface area contributed by atoms with Gasteiger partial charge in [0.05, 0.1) is 0 Å². The fraction of sp³-hybridized carbons (Fsp3) is 0.240. The minimum atomic E-state index is -0.0905. The number of fused-ring (bicyclic) bond motifs is 1. The molecule has 4 heteroatoms. The average Bonchev–Trinajstić information content (AvgIpc) is 2.75. The van der Waals surface area contributed by atoms with E-state index in [4.69, 9.17) is 11.6 Å².